The highest BCUT2D eigenvalue weighted by Gasteiger charge is 2.51. The lowest BCUT2D eigenvalue weighted by atomic mass is 9.82. The number of primary sulfonamides is 1. The van der Waals surface area contributed by atoms with Crippen LogP contribution in [-0.2, 0) is 10.0 Å². The van der Waals surface area contributed by atoms with Crippen LogP contribution >= 0.6 is 11.6 Å². The number of hydrogen-bond acceptors (Lipinski definition) is 4. The molecule has 0 spiro atoms. The quantitative estimate of drug-likeness (QED) is 0.846. The van der Waals surface area contributed by atoms with E-state index in [1.54, 1.807) is 0 Å². The average molecular weight is 370 g/mol. The van der Waals surface area contributed by atoms with Gasteiger partial charge in [0, 0.05) is 18.7 Å². The Labute approximate surface area is 146 Å². The molecular weight excluding hydrogens is 350 g/mol. The highest BCUT2D eigenvalue weighted by atomic mass is 35.5. The Bertz CT molecular complexity index is 780. The van der Waals surface area contributed by atoms with E-state index in [1.165, 1.54) is 37.5 Å². The number of nitrogens with two attached hydrogens (primary N) is 1. The summed E-state index contributed by atoms with van der Waals surface area (Å²) < 4.78 is 23.1. The lowest BCUT2D eigenvalue weighted by Crippen LogP contribution is -2.41. The topological polar surface area (TPSA) is 92.5 Å². The molecule has 0 aromatic heterocycles. The zero-order valence-corrected chi connectivity index (χ0v) is 14.7. The van der Waals surface area contributed by atoms with Gasteiger partial charge in [0.05, 0.1) is 5.02 Å². The Morgan fingerprint density at radius 3 is 2.42 bits per heavy atom. The van der Waals surface area contributed by atoms with Crippen molar-refractivity contribution < 1.29 is 13.2 Å². The molecule has 1 amide bonds. The molecule has 1 aliphatic heterocycles. The monoisotopic (exact) mass is 369 g/mol. The van der Waals surface area contributed by atoms with Crippen LogP contribution in [0.3, 0.4) is 0 Å². The molecule has 4 rings (SSSR count). The Morgan fingerprint density at radius 2 is 1.83 bits per heavy atom. The fourth-order valence-electron chi connectivity index (χ4n) is 4.84. The van der Waals surface area contributed by atoms with Crippen molar-refractivity contribution in [3.05, 3.63) is 28.8 Å². The van der Waals surface area contributed by atoms with Gasteiger partial charge in [0.15, 0.2) is 0 Å². The van der Waals surface area contributed by atoms with E-state index in [4.69, 9.17) is 16.7 Å². The summed E-state index contributed by atoms with van der Waals surface area (Å²) in [7, 11) is -3.96. The van der Waals surface area contributed by atoms with Crippen LogP contribution in [0.25, 0.3) is 0 Å². The van der Waals surface area contributed by atoms with Crippen molar-refractivity contribution in [2.24, 2.45) is 28.8 Å². The van der Waals surface area contributed by atoms with Gasteiger partial charge in [-0.1, -0.05) is 11.6 Å². The number of carbonyl (C=O) groups is 1. The maximum absolute atomic E-state index is 12.5. The zero-order chi connectivity index (χ0) is 17.1. The van der Waals surface area contributed by atoms with Crippen LogP contribution < -0.4 is 10.6 Å². The van der Waals surface area contributed by atoms with Gasteiger partial charge in [0.2, 0.25) is 10.0 Å². The van der Waals surface area contributed by atoms with E-state index >= 15 is 0 Å². The first kappa shape index (κ1) is 16.3. The maximum Gasteiger partial charge on any atom is 0.265 e. The van der Waals surface area contributed by atoms with Crippen molar-refractivity contribution in [2.75, 3.05) is 13.1 Å². The molecule has 8 heteroatoms. The van der Waals surface area contributed by atoms with Gasteiger partial charge in [-0.25, -0.2) is 18.6 Å². The molecule has 1 heterocycles. The molecule has 0 radical (unpaired) electrons. The van der Waals surface area contributed by atoms with Gasteiger partial charge in [-0.15, -0.1) is 0 Å². The van der Waals surface area contributed by atoms with E-state index in [0.29, 0.717) is 11.8 Å². The second-order valence-electron chi connectivity index (χ2n) is 7.20. The summed E-state index contributed by atoms with van der Waals surface area (Å²) in [6, 6.07) is 4.12. The maximum atomic E-state index is 12.5. The standard InChI is InChI=1S/C16H20ClN3O3S/c17-14-4-3-11(6-15(14)24(18,22)23)16(21)19-20-7-12-9-1-2-10(5-9)13(12)8-20/h3-4,6,9-10,12-13H,1-2,5,7-8H2,(H,19,21)(H2,18,22,23)/t9-,10?,12+,13-/m1/s1. The minimum absolute atomic E-state index is 0.0151. The molecule has 130 valence electrons. The fourth-order valence-corrected chi connectivity index (χ4v) is 5.92. The lowest BCUT2D eigenvalue weighted by Gasteiger charge is -2.22. The molecule has 3 fully saturated rings. The molecule has 1 aromatic carbocycles. The number of rotatable bonds is 3. The van der Waals surface area contributed by atoms with E-state index < -0.39 is 10.0 Å². The Kier molecular flexibility index (Phi) is 3.87. The first-order chi connectivity index (χ1) is 11.3. The first-order valence-electron chi connectivity index (χ1n) is 8.21. The van der Waals surface area contributed by atoms with Crippen LogP contribution in [0, 0.1) is 23.7 Å². The minimum Gasteiger partial charge on any atom is -0.285 e. The molecular formula is C16H20ClN3O3S. The van der Waals surface area contributed by atoms with E-state index in [1.807, 2.05) is 5.01 Å². The van der Waals surface area contributed by atoms with E-state index in [9.17, 15) is 13.2 Å². The van der Waals surface area contributed by atoms with Crippen LogP contribution in [0.1, 0.15) is 29.6 Å². The van der Waals surface area contributed by atoms with Crippen LogP contribution in [-0.4, -0.2) is 32.4 Å². The number of carbonyl (C=O) groups excluding carboxylic acids is 1. The largest absolute Gasteiger partial charge is 0.285 e. The second-order valence-corrected chi connectivity index (χ2v) is 9.13. The van der Waals surface area contributed by atoms with Crippen molar-refractivity contribution in [3.8, 4) is 0 Å². The Morgan fingerprint density at radius 1 is 1.21 bits per heavy atom. The lowest BCUT2D eigenvalue weighted by molar-refractivity contribution is 0.0809. The number of sulfonamides is 1. The fraction of sp³-hybridized carbons (Fsp3) is 0.562. The van der Waals surface area contributed by atoms with Gasteiger partial charge in [0.1, 0.15) is 4.90 Å². The predicted molar refractivity (Wildman–Crippen MR) is 89.7 cm³/mol. The van der Waals surface area contributed by atoms with Gasteiger partial charge >= 0.3 is 0 Å². The van der Waals surface area contributed by atoms with Gasteiger partial charge in [-0.05, 0) is 61.1 Å². The third kappa shape index (κ3) is 2.73. The number of amides is 1. The first-order valence-corrected chi connectivity index (χ1v) is 10.1. The molecule has 24 heavy (non-hydrogen) atoms. The molecule has 3 N–H and O–H groups in total. The van der Waals surface area contributed by atoms with Crippen molar-refractivity contribution in [2.45, 2.75) is 24.2 Å². The summed E-state index contributed by atoms with van der Waals surface area (Å²) in [5.41, 5.74) is 3.15. The Balaban J connectivity index is 1.48. The number of nitrogens with one attached hydrogen (secondary N) is 1. The smallest absolute Gasteiger partial charge is 0.265 e. The molecule has 1 unspecified atom stereocenters. The van der Waals surface area contributed by atoms with Crippen LogP contribution in [0.4, 0.5) is 0 Å². The Hall–Kier alpha value is -1.15. The summed E-state index contributed by atoms with van der Waals surface area (Å²) in [5, 5.41) is 7.13. The molecule has 6 nitrogen and oxygen atoms in total. The number of fused-ring (bicyclic) bond motifs is 5. The van der Waals surface area contributed by atoms with Gasteiger partial charge in [0.25, 0.3) is 5.91 Å². The molecule has 1 saturated heterocycles. The minimum atomic E-state index is -3.96. The predicted octanol–water partition coefficient (Wildman–Crippen LogP) is 1.61. The van der Waals surface area contributed by atoms with Crippen molar-refractivity contribution >= 4 is 27.5 Å². The van der Waals surface area contributed by atoms with Crippen molar-refractivity contribution in [1.82, 2.24) is 10.4 Å². The highest BCUT2D eigenvalue weighted by molar-refractivity contribution is 7.89. The number of hydrazine groups is 1. The number of hydrogen-bond donors (Lipinski definition) is 2. The molecule has 2 saturated carbocycles. The molecule has 1 aromatic rings. The second kappa shape index (κ2) is 5.69. The number of benzene rings is 1. The van der Waals surface area contributed by atoms with Crippen LogP contribution in [0.5, 0.6) is 0 Å². The van der Waals surface area contributed by atoms with Gasteiger partial charge in [-0.2, -0.15) is 0 Å². The summed E-state index contributed by atoms with van der Waals surface area (Å²) in [6.45, 7) is 1.76. The summed E-state index contributed by atoms with van der Waals surface area (Å²) in [4.78, 5) is 12.2. The van der Waals surface area contributed by atoms with Crippen LogP contribution in [0.15, 0.2) is 23.1 Å². The molecule has 2 bridgehead atoms. The van der Waals surface area contributed by atoms with Crippen LogP contribution in [0.2, 0.25) is 5.02 Å². The normalized spacial score (nSPS) is 32.1. The van der Waals surface area contributed by atoms with Crippen molar-refractivity contribution in [1.29, 1.82) is 0 Å². The summed E-state index contributed by atoms with van der Waals surface area (Å²) >= 11 is 5.86. The number of halogens is 1. The summed E-state index contributed by atoms with van der Waals surface area (Å²) in [6.07, 6.45) is 4.00. The van der Waals surface area contributed by atoms with Gasteiger partial charge in [-0.3, -0.25) is 10.2 Å². The average Bonchev–Trinajstić information content (AvgIpc) is 3.18. The van der Waals surface area contributed by atoms with E-state index in [2.05, 4.69) is 5.43 Å². The SMILES string of the molecule is NS(=O)(=O)c1cc(C(=O)NN2C[C@H]3[C@@H]4CCC(C4)[C@H]3C2)ccc1Cl. The van der Waals surface area contributed by atoms with E-state index in [0.717, 1.165) is 24.9 Å². The summed E-state index contributed by atoms with van der Waals surface area (Å²) in [5.74, 6) is 2.67. The third-order valence-corrected chi connectivity index (χ3v) is 7.29. The molecule has 2 aliphatic carbocycles. The third-order valence-electron chi connectivity index (χ3n) is 5.90. The zero-order valence-electron chi connectivity index (χ0n) is 13.1. The highest BCUT2D eigenvalue weighted by Crippen LogP contribution is 2.54. The van der Waals surface area contributed by atoms with Gasteiger partial charge < -0.3 is 0 Å². The molecule has 4 atom stereocenters. The number of nitrogens with zero attached hydrogens (tertiary/aromatic N) is 1. The van der Waals surface area contributed by atoms with Crippen molar-refractivity contribution in [3.63, 3.8) is 0 Å². The molecule has 3 aliphatic rings. The van der Waals surface area contributed by atoms with E-state index in [-0.39, 0.29) is 21.4 Å².